The number of hydrogen-bond donors (Lipinski definition) is 1. The third-order valence-corrected chi connectivity index (χ3v) is 7.50. The minimum atomic E-state index is -2.39. The van der Waals surface area contributed by atoms with Crippen LogP contribution in [0.2, 0.25) is 0 Å². The van der Waals surface area contributed by atoms with Gasteiger partial charge in [0.25, 0.3) is 0 Å². The van der Waals surface area contributed by atoms with Crippen LogP contribution in [0.25, 0.3) is 22.3 Å². The molecule has 0 radical (unpaired) electrons. The first-order valence-corrected chi connectivity index (χ1v) is 10.3. The molecule has 0 bridgehead atoms. The number of nitrogens with zero attached hydrogens (tertiary/aromatic N) is 7. The zero-order valence-corrected chi connectivity index (χ0v) is 16.0. The summed E-state index contributed by atoms with van der Waals surface area (Å²) in [6.45, 7) is 2.83. The van der Waals surface area contributed by atoms with Gasteiger partial charge in [0.1, 0.15) is 27.4 Å². The molecule has 0 amide bonds. The highest BCUT2D eigenvalue weighted by atomic mass is 32.2. The van der Waals surface area contributed by atoms with Crippen LogP contribution in [0.3, 0.4) is 0 Å². The Morgan fingerprint density at radius 3 is 2.96 bits per heavy atom. The molecule has 0 aromatic carbocycles. The van der Waals surface area contributed by atoms with E-state index < -0.39 is 15.5 Å². The Bertz CT molecular complexity index is 1140. The molecule has 0 spiro atoms. The van der Waals surface area contributed by atoms with Crippen molar-refractivity contribution in [3.63, 3.8) is 0 Å². The summed E-state index contributed by atoms with van der Waals surface area (Å²) in [5, 5.41) is 14.8. The van der Waals surface area contributed by atoms with Crippen LogP contribution >= 0.6 is 0 Å². The van der Waals surface area contributed by atoms with Crippen molar-refractivity contribution in [3.05, 3.63) is 31.0 Å². The minimum Gasteiger partial charge on any atom is -0.346 e. The van der Waals surface area contributed by atoms with E-state index in [2.05, 4.69) is 30.5 Å². The molecule has 0 unspecified atom stereocenters. The number of nitrogens with one attached hydrogen (secondary N) is 1. The summed E-state index contributed by atoms with van der Waals surface area (Å²) < 4.78 is 20.5. The van der Waals surface area contributed by atoms with Gasteiger partial charge in [0.2, 0.25) is 0 Å². The summed E-state index contributed by atoms with van der Waals surface area (Å²) in [5.74, 6) is 0.461. The molecule has 3 aromatic rings. The Balaban J connectivity index is 1.68. The van der Waals surface area contributed by atoms with Crippen LogP contribution in [0.15, 0.2) is 35.3 Å². The number of aromatic amines is 1. The molecule has 3 aromatic heterocycles. The van der Waals surface area contributed by atoms with Crippen LogP contribution in [0.1, 0.15) is 13.3 Å². The number of hydrogen-bond acceptors (Lipinski definition) is 6. The summed E-state index contributed by atoms with van der Waals surface area (Å²) in [4.78, 5) is 11.7. The molecule has 1 N–H and O–H groups in total. The Hall–Kier alpha value is -2.77. The van der Waals surface area contributed by atoms with Crippen molar-refractivity contribution in [3.8, 4) is 17.3 Å². The van der Waals surface area contributed by atoms with Gasteiger partial charge in [-0.3, -0.25) is 4.68 Å². The zero-order chi connectivity index (χ0) is 19.1. The van der Waals surface area contributed by atoms with Crippen LogP contribution in [0.4, 0.5) is 0 Å². The summed E-state index contributed by atoms with van der Waals surface area (Å²) >= 11 is 0. The van der Waals surface area contributed by atoms with E-state index in [0.29, 0.717) is 18.8 Å². The van der Waals surface area contributed by atoms with E-state index in [1.807, 2.05) is 34.4 Å². The van der Waals surface area contributed by atoms with Gasteiger partial charge in [0.05, 0.1) is 24.4 Å². The predicted molar refractivity (Wildman–Crippen MR) is 102 cm³/mol. The van der Waals surface area contributed by atoms with Crippen molar-refractivity contribution in [2.75, 3.05) is 25.9 Å². The lowest BCUT2D eigenvalue weighted by molar-refractivity contribution is 0.0750. The second kappa shape index (κ2) is 6.44. The van der Waals surface area contributed by atoms with Crippen molar-refractivity contribution in [1.82, 2.24) is 29.0 Å². The molecule has 0 aliphatic carbocycles. The van der Waals surface area contributed by atoms with E-state index in [0.717, 1.165) is 22.3 Å². The summed E-state index contributed by atoms with van der Waals surface area (Å²) in [7, 11) is -0.805. The SMILES string of the molecule is CC[S@](=O)(=NC)N1CC(CC#N)(n2cc(-c3ncnc4[nH]ccc34)cn2)C1. The van der Waals surface area contributed by atoms with Crippen molar-refractivity contribution in [1.29, 1.82) is 5.26 Å². The van der Waals surface area contributed by atoms with Gasteiger partial charge in [-0.15, -0.1) is 0 Å². The van der Waals surface area contributed by atoms with Crippen LogP contribution in [0.5, 0.6) is 0 Å². The average molecular weight is 384 g/mol. The first kappa shape index (κ1) is 17.6. The van der Waals surface area contributed by atoms with Crippen molar-refractivity contribution in [2.45, 2.75) is 18.9 Å². The Kier molecular flexibility index (Phi) is 4.20. The molecule has 1 aliphatic rings. The van der Waals surface area contributed by atoms with E-state index in [-0.39, 0.29) is 6.42 Å². The summed E-state index contributed by atoms with van der Waals surface area (Å²) in [6.07, 6.45) is 7.28. The number of H-pyrrole nitrogens is 1. The van der Waals surface area contributed by atoms with Gasteiger partial charge in [-0.2, -0.15) is 10.4 Å². The molecule has 1 aliphatic heterocycles. The summed E-state index contributed by atoms with van der Waals surface area (Å²) in [6, 6.07) is 4.18. The molecule has 27 heavy (non-hydrogen) atoms. The fraction of sp³-hybridized carbons (Fsp3) is 0.412. The van der Waals surface area contributed by atoms with E-state index in [4.69, 9.17) is 0 Å². The second-order valence-corrected chi connectivity index (χ2v) is 9.24. The van der Waals surface area contributed by atoms with Gasteiger partial charge in [-0.1, -0.05) is 6.92 Å². The Morgan fingerprint density at radius 2 is 2.26 bits per heavy atom. The molecule has 1 saturated heterocycles. The maximum absolute atomic E-state index is 12.8. The molecule has 0 saturated carbocycles. The maximum Gasteiger partial charge on any atom is 0.141 e. The highest BCUT2D eigenvalue weighted by Crippen LogP contribution is 2.36. The van der Waals surface area contributed by atoms with E-state index in [1.54, 1.807) is 13.2 Å². The lowest BCUT2D eigenvalue weighted by Gasteiger charge is -2.49. The number of nitriles is 1. The molecule has 10 heteroatoms. The molecule has 9 nitrogen and oxygen atoms in total. The minimum absolute atomic E-state index is 0.289. The molecular formula is C17H20N8OS. The smallest absolute Gasteiger partial charge is 0.141 e. The van der Waals surface area contributed by atoms with E-state index in [1.165, 1.54) is 6.33 Å². The van der Waals surface area contributed by atoms with E-state index in [9.17, 15) is 9.47 Å². The first-order valence-electron chi connectivity index (χ1n) is 8.64. The zero-order valence-electron chi connectivity index (χ0n) is 15.2. The van der Waals surface area contributed by atoms with Crippen LogP contribution in [-0.4, -0.2) is 59.1 Å². The fourth-order valence-electron chi connectivity index (χ4n) is 3.53. The third kappa shape index (κ3) is 2.70. The van der Waals surface area contributed by atoms with Gasteiger partial charge in [0.15, 0.2) is 0 Å². The largest absolute Gasteiger partial charge is 0.346 e. The van der Waals surface area contributed by atoms with Crippen molar-refractivity contribution >= 4 is 20.9 Å². The highest BCUT2D eigenvalue weighted by Gasteiger charge is 2.48. The number of rotatable bonds is 5. The van der Waals surface area contributed by atoms with Crippen molar-refractivity contribution in [2.24, 2.45) is 4.36 Å². The molecular weight excluding hydrogens is 364 g/mol. The lowest BCUT2D eigenvalue weighted by Crippen LogP contribution is -2.64. The Labute approximate surface area is 157 Å². The van der Waals surface area contributed by atoms with Crippen LogP contribution in [0, 0.1) is 11.3 Å². The van der Waals surface area contributed by atoms with Gasteiger partial charge < -0.3 is 4.98 Å². The lowest BCUT2D eigenvalue weighted by atomic mass is 9.89. The normalized spacial score (nSPS) is 18.6. The molecule has 4 heterocycles. The van der Waals surface area contributed by atoms with Crippen LogP contribution < -0.4 is 0 Å². The highest BCUT2D eigenvalue weighted by molar-refractivity contribution is 7.91. The Morgan fingerprint density at radius 1 is 1.44 bits per heavy atom. The van der Waals surface area contributed by atoms with Gasteiger partial charge >= 0.3 is 0 Å². The van der Waals surface area contributed by atoms with Gasteiger partial charge in [0, 0.05) is 49.2 Å². The quantitative estimate of drug-likeness (QED) is 0.720. The predicted octanol–water partition coefficient (Wildman–Crippen LogP) is 1.78. The summed E-state index contributed by atoms with van der Waals surface area (Å²) in [5.41, 5.74) is 1.91. The number of aromatic nitrogens is 5. The molecule has 4 rings (SSSR count). The monoisotopic (exact) mass is 384 g/mol. The molecule has 140 valence electrons. The third-order valence-electron chi connectivity index (χ3n) is 5.11. The number of fused-ring (bicyclic) bond motifs is 1. The van der Waals surface area contributed by atoms with E-state index >= 15 is 0 Å². The van der Waals surface area contributed by atoms with Gasteiger partial charge in [-0.05, 0) is 6.07 Å². The van der Waals surface area contributed by atoms with Gasteiger partial charge in [-0.25, -0.2) is 22.8 Å². The standard InChI is InChI=1S/C17H20N8OS/c1-3-27(26,19-2)24-10-17(11-24,5-6-18)25-9-13(8-23-25)15-14-4-7-20-16(14)22-12-21-15/h4,7-9,12H,3,5,10-11H2,1-2H3,(H,20,21,22)/t27-/m0/s1. The average Bonchev–Trinajstić information content (AvgIpc) is 3.33. The first-order chi connectivity index (χ1) is 13.0. The van der Waals surface area contributed by atoms with Crippen molar-refractivity contribution < 1.29 is 4.21 Å². The maximum atomic E-state index is 12.8. The molecule has 1 fully saturated rings. The van der Waals surface area contributed by atoms with Crippen LogP contribution in [-0.2, 0) is 15.5 Å². The second-order valence-electron chi connectivity index (χ2n) is 6.57. The topological polar surface area (TPSA) is 116 Å². The fourth-order valence-corrected chi connectivity index (χ4v) is 5.27. The molecule has 1 atom stereocenters.